The summed E-state index contributed by atoms with van der Waals surface area (Å²) in [7, 11) is 0. The molecule has 66 valence electrons. The van der Waals surface area contributed by atoms with Gasteiger partial charge in [-0.25, -0.2) is 0 Å². The van der Waals surface area contributed by atoms with Gasteiger partial charge in [0.05, 0.1) is 0 Å². The van der Waals surface area contributed by atoms with Crippen LogP contribution in [0.1, 0.15) is 52.4 Å². The topological polar surface area (TPSA) is 31.5 Å². The number of hydrogen-bond acceptors (Lipinski definition) is 0. The van der Waals surface area contributed by atoms with Crippen molar-refractivity contribution in [1.82, 2.24) is 0 Å². The van der Waals surface area contributed by atoms with Gasteiger partial charge in [-0.2, -0.15) is 0 Å². The maximum Gasteiger partial charge on any atom is -0.0533 e. The molecular weight excluding hydrogens is 192 g/mol. The molecule has 0 radical (unpaired) electrons. The smallest absolute Gasteiger partial charge is 0.0533 e. The highest BCUT2D eigenvalue weighted by Gasteiger charge is 1.83. The van der Waals surface area contributed by atoms with Crippen molar-refractivity contribution in [1.29, 1.82) is 0 Å². The molecule has 0 aromatic carbocycles. The fourth-order valence-corrected chi connectivity index (χ4v) is 0.854. The average Bonchev–Trinajstić information content (AvgIpc) is 1.81. The second kappa shape index (κ2) is 16.2. The zero-order valence-corrected chi connectivity index (χ0v) is 8.86. The summed E-state index contributed by atoms with van der Waals surface area (Å²) in [5.74, 6) is 0. The fourth-order valence-electron chi connectivity index (χ4n) is 0.854. The van der Waals surface area contributed by atoms with Crippen LogP contribution in [0.15, 0.2) is 0 Å². The van der Waals surface area contributed by atoms with E-state index >= 15 is 0 Å². The Morgan fingerprint density at radius 2 is 1.00 bits per heavy atom. The van der Waals surface area contributed by atoms with Gasteiger partial charge in [-0.15, -0.1) is 17.0 Å². The van der Waals surface area contributed by atoms with E-state index in [2.05, 4.69) is 13.8 Å². The third-order valence-electron chi connectivity index (χ3n) is 1.46. The van der Waals surface area contributed by atoms with Gasteiger partial charge in [-0.05, 0) is 0 Å². The van der Waals surface area contributed by atoms with Gasteiger partial charge >= 0.3 is 0 Å². The average molecular weight is 213 g/mol. The Kier molecular flexibility index (Phi) is 27.3. The lowest BCUT2D eigenvalue weighted by molar-refractivity contribution is 0.624. The minimum absolute atomic E-state index is 0. The van der Waals surface area contributed by atoms with E-state index < -0.39 is 0 Å². The van der Waals surface area contributed by atoms with Crippen molar-refractivity contribution in [2.75, 3.05) is 0 Å². The van der Waals surface area contributed by atoms with Gasteiger partial charge in [0.1, 0.15) is 0 Å². The Balaban J connectivity index is -0.000000245. The molecule has 0 aromatic heterocycles. The van der Waals surface area contributed by atoms with Crippen LogP contribution >= 0.6 is 17.0 Å². The lowest BCUT2D eigenvalue weighted by Crippen LogP contribution is -1.73. The van der Waals surface area contributed by atoms with Crippen LogP contribution < -0.4 is 0 Å². The van der Waals surface area contributed by atoms with Crippen molar-refractivity contribution in [3.63, 3.8) is 0 Å². The van der Waals surface area contributed by atoms with Crippen molar-refractivity contribution in [2.45, 2.75) is 52.4 Å². The molecule has 0 saturated heterocycles. The van der Waals surface area contributed by atoms with Crippen LogP contribution in [0.3, 0.4) is 0 Å². The summed E-state index contributed by atoms with van der Waals surface area (Å²) >= 11 is 0. The van der Waals surface area contributed by atoms with Crippen LogP contribution in [-0.2, 0) is 0 Å². The second-order valence-corrected chi connectivity index (χ2v) is 2.41. The molecule has 0 bridgehead atoms. The van der Waals surface area contributed by atoms with Crippen LogP contribution in [0, 0.1) is 0 Å². The molecule has 0 aliphatic rings. The molecule has 0 fully saturated rings. The van der Waals surface area contributed by atoms with Gasteiger partial charge in [0, 0.05) is 0 Å². The van der Waals surface area contributed by atoms with E-state index in [0.717, 1.165) is 0 Å². The van der Waals surface area contributed by atoms with Crippen LogP contribution in [0.4, 0.5) is 0 Å². The van der Waals surface area contributed by atoms with Crippen molar-refractivity contribution >= 4 is 17.0 Å². The van der Waals surface area contributed by atoms with Crippen LogP contribution in [0.5, 0.6) is 0 Å². The largest absolute Gasteiger partial charge is 0.412 e. The summed E-state index contributed by atoms with van der Waals surface area (Å²) in [6.45, 7) is 4.51. The van der Waals surface area contributed by atoms with Crippen molar-refractivity contribution in [3.8, 4) is 0 Å². The molecular formula is C8H21BrO. The molecule has 0 spiro atoms. The Bertz CT molecular complexity index is 34.2. The monoisotopic (exact) mass is 212 g/mol. The molecule has 2 N–H and O–H groups in total. The lowest BCUT2D eigenvalue weighted by Gasteiger charge is -1.93. The predicted molar refractivity (Wildman–Crippen MR) is 53.0 cm³/mol. The molecule has 1 nitrogen and oxygen atoms in total. The summed E-state index contributed by atoms with van der Waals surface area (Å²) in [4.78, 5) is 0. The van der Waals surface area contributed by atoms with Gasteiger partial charge in [0.2, 0.25) is 0 Å². The van der Waals surface area contributed by atoms with E-state index in [1.807, 2.05) is 0 Å². The molecule has 0 rings (SSSR count). The van der Waals surface area contributed by atoms with Crippen LogP contribution in [-0.4, -0.2) is 5.48 Å². The van der Waals surface area contributed by atoms with E-state index in [1.165, 1.54) is 38.5 Å². The van der Waals surface area contributed by atoms with E-state index in [9.17, 15) is 0 Å². The Morgan fingerprint density at radius 3 is 1.20 bits per heavy atom. The SMILES string of the molecule is Br.CCCCCCCC.O. The van der Waals surface area contributed by atoms with Gasteiger partial charge in [-0.3, -0.25) is 0 Å². The molecule has 0 aromatic rings. The van der Waals surface area contributed by atoms with Gasteiger partial charge in [0.15, 0.2) is 0 Å². The molecule has 0 amide bonds. The molecule has 0 unspecified atom stereocenters. The van der Waals surface area contributed by atoms with Gasteiger partial charge in [0.25, 0.3) is 0 Å². The first-order valence-corrected chi connectivity index (χ1v) is 3.91. The highest BCUT2D eigenvalue weighted by Crippen LogP contribution is 2.03. The van der Waals surface area contributed by atoms with Crippen LogP contribution in [0.25, 0.3) is 0 Å². The normalized spacial score (nSPS) is 7.80. The number of unbranched alkanes of at least 4 members (excludes halogenated alkanes) is 5. The molecule has 0 atom stereocenters. The maximum absolute atomic E-state index is 2.26. The first-order chi connectivity index (χ1) is 3.91. The van der Waals surface area contributed by atoms with Crippen molar-refractivity contribution < 1.29 is 5.48 Å². The summed E-state index contributed by atoms with van der Waals surface area (Å²) in [6, 6.07) is 0. The fraction of sp³-hybridized carbons (Fsp3) is 1.00. The Morgan fingerprint density at radius 1 is 0.700 bits per heavy atom. The minimum Gasteiger partial charge on any atom is -0.412 e. The molecule has 0 aliphatic carbocycles. The predicted octanol–water partition coefficient (Wildman–Crippen LogP) is 3.12. The van der Waals surface area contributed by atoms with E-state index in [-0.39, 0.29) is 22.5 Å². The lowest BCUT2D eigenvalue weighted by atomic mass is 10.1. The van der Waals surface area contributed by atoms with Gasteiger partial charge < -0.3 is 5.48 Å². The highest BCUT2D eigenvalue weighted by molar-refractivity contribution is 8.93. The summed E-state index contributed by atoms with van der Waals surface area (Å²) in [5.41, 5.74) is 0. The Hall–Kier alpha value is 0.440. The zero-order chi connectivity index (χ0) is 6.24. The molecule has 0 heterocycles. The number of hydrogen-bond donors (Lipinski definition) is 0. The standard InChI is InChI=1S/C8H18.BrH.H2O/c1-3-5-7-8-6-4-2;;/h3-8H2,1-2H3;1H;1H2. The number of rotatable bonds is 5. The minimum atomic E-state index is 0. The first kappa shape index (κ1) is 16.8. The third-order valence-corrected chi connectivity index (χ3v) is 1.46. The summed E-state index contributed by atoms with van der Waals surface area (Å²) in [5, 5.41) is 0. The molecule has 0 aliphatic heterocycles. The molecule has 2 heteroatoms. The van der Waals surface area contributed by atoms with E-state index in [4.69, 9.17) is 0 Å². The maximum atomic E-state index is 2.26. The summed E-state index contributed by atoms with van der Waals surface area (Å²) in [6.07, 6.45) is 8.49. The quantitative estimate of drug-likeness (QED) is 0.628. The first-order valence-electron chi connectivity index (χ1n) is 3.91. The highest BCUT2D eigenvalue weighted by atomic mass is 79.9. The number of halogens is 1. The van der Waals surface area contributed by atoms with E-state index in [1.54, 1.807) is 0 Å². The molecule has 10 heavy (non-hydrogen) atoms. The van der Waals surface area contributed by atoms with Crippen LogP contribution in [0.2, 0.25) is 0 Å². The van der Waals surface area contributed by atoms with Crippen molar-refractivity contribution in [2.24, 2.45) is 0 Å². The van der Waals surface area contributed by atoms with Gasteiger partial charge in [-0.1, -0.05) is 52.4 Å². The van der Waals surface area contributed by atoms with E-state index in [0.29, 0.717) is 0 Å². The third kappa shape index (κ3) is 15.8. The van der Waals surface area contributed by atoms with Crippen molar-refractivity contribution in [3.05, 3.63) is 0 Å². The second-order valence-electron chi connectivity index (χ2n) is 2.41. The Labute approximate surface area is 75.3 Å². The summed E-state index contributed by atoms with van der Waals surface area (Å²) < 4.78 is 0. The molecule has 0 saturated carbocycles. The zero-order valence-electron chi connectivity index (χ0n) is 7.15.